The van der Waals surface area contributed by atoms with Crippen molar-refractivity contribution in [3.8, 4) is 0 Å². The molecule has 0 fully saturated rings. The molecule has 0 aliphatic heterocycles. The summed E-state index contributed by atoms with van der Waals surface area (Å²) in [6.45, 7) is 2.91. The first-order valence-corrected chi connectivity index (χ1v) is 7.89. The fraction of sp³-hybridized carbons (Fsp3) is 0.200. The molecular weight excluding hydrogens is 360 g/mol. The van der Waals surface area contributed by atoms with E-state index < -0.39 is 0 Å². The normalized spacial score (nSPS) is 10.7. The van der Waals surface area contributed by atoms with Gasteiger partial charge in [0.05, 0.1) is 0 Å². The van der Waals surface area contributed by atoms with Gasteiger partial charge in [0.1, 0.15) is 5.82 Å². The molecule has 0 saturated heterocycles. The summed E-state index contributed by atoms with van der Waals surface area (Å²) in [5, 5.41) is 18.3. The van der Waals surface area contributed by atoms with Crippen LogP contribution in [0.15, 0.2) is 40.9 Å². The Hall–Kier alpha value is -2.48. The molecule has 0 bridgehead atoms. The van der Waals surface area contributed by atoms with E-state index in [-0.39, 0.29) is 5.91 Å². The van der Waals surface area contributed by atoms with Crippen molar-refractivity contribution in [1.82, 2.24) is 25.1 Å². The molecule has 118 valence electrons. The summed E-state index contributed by atoms with van der Waals surface area (Å²) >= 11 is 3.34. The van der Waals surface area contributed by atoms with E-state index in [0.717, 1.165) is 10.3 Å². The summed E-state index contributed by atoms with van der Waals surface area (Å²) < 4.78 is 2.62. The average Bonchev–Trinajstić information content (AvgIpc) is 2.93. The maximum atomic E-state index is 12.0. The van der Waals surface area contributed by atoms with Gasteiger partial charge in [-0.15, -0.1) is 15.3 Å². The van der Waals surface area contributed by atoms with E-state index in [1.54, 1.807) is 16.6 Å². The fourth-order valence-corrected chi connectivity index (χ4v) is 2.32. The Labute approximate surface area is 141 Å². The van der Waals surface area contributed by atoms with Crippen LogP contribution in [0.1, 0.15) is 16.2 Å². The van der Waals surface area contributed by atoms with E-state index in [4.69, 9.17) is 0 Å². The molecule has 0 saturated carbocycles. The smallest absolute Gasteiger partial charge is 0.251 e. The molecule has 3 aromatic rings. The van der Waals surface area contributed by atoms with Gasteiger partial charge in [0.25, 0.3) is 5.91 Å². The Morgan fingerprint density at radius 1 is 1.13 bits per heavy atom. The molecule has 23 heavy (non-hydrogen) atoms. The van der Waals surface area contributed by atoms with E-state index in [2.05, 4.69) is 41.9 Å². The highest BCUT2D eigenvalue weighted by molar-refractivity contribution is 9.10. The summed E-state index contributed by atoms with van der Waals surface area (Å²) in [4.78, 5) is 12.0. The summed E-state index contributed by atoms with van der Waals surface area (Å²) in [5.41, 5.74) is 1.34. The van der Waals surface area contributed by atoms with Crippen LogP contribution in [0.3, 0.4) is 0 Å². The fourth-order valence-electron chi connectivity index (χ4n) is 2.06. The molecule has 2 aromatic heterocycles. The third-order valence-corrected chi connectivity index (χ3v) is 3.77. The zero-order chi connectivity index (χ0) is 16.2. The number of amides is 1. The number of hydrogen-bond donors (Lipinski definition) is 2. The minimum Gasteiger partial charge on any atom is -0.367 e. The maximum Gasteiger partial charge on any atom is 0.251 e. The lowest BCUT2D eigenvalue weighted by Gasteiger charge is -2.08. The highest BCUT2D eigenvalue weighted by atomic mass is 79.9. The van der Waals surface area contributed by atoms with E-state index in [1.165, 1.54) is 0 Å². The zero-order valence-corrected chi connectivity index (χ0v) is 14.0. The highest BCUT2D eigenvalue weighted by Crippen LogP contribution is 2.10. The molecule has 1 amide bonds. The molecule has 7 nitrogen and oxygen atoms in total. The van der Waals surface area contributed by atoms with Gasteiger partial charge in [-0.3, -0.25) is 4.79 Å². The first kappa shape index (κ1) is 15.4. The van der Waals surface area contributed by atoms with E-state index in [0.29, 0.717) is 30.1 Å². The van der Waals surface area contributed by atoms with Crippen LogP contribution in [-0.4, -0.2) is 38.8 Å². The number of benzene rings is 1. The van der Waals surface area contributed by atoms with Crippen LogP contribution in [0.4, 0.5) is 5.82 Å². The predicted molar refractivity (Wildman–Crippen MR) is 90.5 cm³/mol. The lowest BCUT2D eigenvalue weighted by molar-refractivity contribution is 0.0955. The van der Waals surface area contributed by atoms with E-state index in [9.17, 15) is 4.79 Å². The lowest BCUT2D eigenvalue weighted by Crippen LogP contribution is -2.28. The second-order valence-electron chi connectivity index (χ2n) is 4.93. The topological polar surface area (TPSA) is 84.2 Å². The van der Waals surface area contributed by atoms with Crippen LogP contribution >= 0.6 is 15.9 Å². The molecule has 0 aliphatic rings. The molecule has 8 heteroatoms. The lowest BCUT2D eigenvalue weighted by atomic mass is 10.2. The van der Waals surface area contributed by atoms with Gasteiger partial charge in [-0.25, -0.2) is 0 Å². The third kappa shape index (κ3) is 3.65. The molecule has 0 radical (unpaired) electrons. The average molecular weight is 375 g/mol. The monoisotopic (exact) mass is 374 g/mol. The van der Waals surface area contributed by atoms with Crippen molar-refractivity contribution in [1.29, 1.82) is 0 Å². The maximum absolute atomic E-state index is 12.0. The van der Waals surface area contributed by atoms with Crippen molar-refractivity contribution < 1.29 is 4.79 Å². The molecule has 0 unspecified atom stereocenters. The van der Waals surface area contributed by atoms with Gasteiger partial charge >= 0.3 is 0 Å². The van der Waals surface area contributed by atoms with Crippen LogP contribution in [0.5, 0.6) is 0 Å². The van der Waals surface area contributed by atoms with E-state index >= 15 is 0 Å². The van der Waals surface area contributed by atoms with Crippen LogP contribution < -0.4 is 10.6 Å². The number of aromatic nitrogens is 4. The SMILES string of the molecule is Cc1nnc2ccc(NCCNC(=O)c3ccc(Br)cc3)nn12. The largest absolute Gasteiger partial charge is 0.367 e. The minimum atomic E-state index is -0.0997. The molecular formula is C15H15BrN6O. The molecule has 0 atom stereocenters. The zero-order valence-electron chi connectivity index (χ0n) is 12.5. The van der Waals surface area contributed by atoms with E-state index in [1.807, 2.05) is 31.2 Å². The number of carbonyl (C=O) groups excluding carboxylic acids is 1. The predicted octanol–water partition coefficient (Wildman–Crippen LogP) is 2.04. The summed E-state index contributed by atoms with van der Waals surface area (Å²) in [6, 6.07) is 10.9. The second kappa shape index (κ2) is 6.74. The Morgan fingerprint density at radius 3 is 2.70 bits per heavy atom. The first-order valence-electron chi connectivity index (χ1n) is 7.10. The Kier molecular flexibility index (Phi) is 4.52. The Bertz CT molecular complexity index is 830. The van der Waals surface area contributed by atoms with Gasteiger partial charge in [0.2, 0.25) is 0 Å². The number of hydrogen-bond acceptors (Lipinski definition) is 5. The summed E-state index contributed by atoms with van der Waals surface area (Å²) in [7, 11) is 0. The third-order valence-electron chi connectivity index (χ3n) is 3.24. The molecule has 3 rings (SSSR count). The van der Waals surface area contributed by atoms with Crippen molar-refractivity contribution >= 4 is 33.3 Å². The summed E-state index contributed by atoms with van der Waals surface area (Å²) in [5.74, 6) is 1.34. The Balaban J connectivity index is 1.51. The summed E-state index contributed by atoms with van der Waals surface area (Å²) in [6.07, 6.45) is 0. The second-order valence-corrected chi connectivity index (χ2v) is 5.84. The van der Waals surface area contributed by atoms with Crippen LogP contribution in [-0.2, 0) is 0 Å². The number of rotatable bonds is 5. The van der Waals surface area contributed by atoms with Crippen molar-refractivity contribution in [3.05, 3.63) is 52.3 Å². The highest BCUT2D eigenvalue weighted by Gasteiger charge is 2.05. The molecule has 0 spiro atoms. The van der Waals surface area contributed by atoms with Crippen LogP contribution in [0, 0.1) is 6.92 Å². The number of anilines is 1. The number of carbonyl (C=O) groups is 1. The van der Waals surface area contributed by atoms with Crippen molar-refractivity contribution in [3.63, 3.8) is 0 Å². The molecule has 2 heterocycles. The van der Waals surface area contributed by atoms with Gasteiger partial charge in [-0.2, -0.15) is 4.52 Å². The quantitative estimate of drug-likeness (QED) is 0.667. The number of nitrogens with one attached hydrogen (secondary N) is 2. The van der Waals surface area contributed by atoms with Gasteiger partial charge in [-0.05, 0) is 43.3 Å². The first-order chi connectivity index (χ1) is 11.1. The van der Waals surface area contributed by atoms with Gasteiger partial charge in [-0.1, -0.05) is 15.9 Å². The van der Waals surface area contributed by atoms with Crippen molar-refractivity contribution in [2.75, 3.05) is 18.4 Å². The van der Waals surface area contributed by atoms with Gasteiger partial charge in [0.15, 0.2) is 11.5 Å². The van der Waals surface area contributed by atoms with Crippen molar-refractivity contribution in [2.24, 2.45) is 0 Å². The molecule has 1 aromatic carbocycles. The standard InChI is InChI=1S/C15H15BrN6O/c1-10-19-20-14-7-6-13(21-22(10)14)17-8-9-18-15(23)11-2-4-12(16)5-3-11/h2-7H,8-9H2,1H3,(H,17,21)(H,18,23). The minimum absolute atomic E-state index is 0.0997. The number of fused-ring (bicyclic) bond motifs is 1. The molecule has 0 aliphatic carbocycles. The van der Waals surface area contributed by atoms with Crippen LogP contribution in [0.25, 0.3) is 5.65 Å². The van der Waals surface area contributed by atoms with Gasteiger partial charge in [0, 0.05) is 23.1 Å². The van der Waals surface area contributed by atoms with Gasteiger partial charge < -0.3 is 10.6 Å². The van der Waals surface area contributed by atoms with Crippen molar-refractivity contribution in [2.45, 2.75) is 6.92 Å². The number of aryl methyl sites for hydroxylation is 1. The molecule has 2 N–H and O–H groups in total. The Morgan fingerprint density at radius 2 is 1.91 bits per heavy atom. The van der Waals surface area contributed by atoms with Crippen LogP contribution in [0.2, 0.25) is 0 Å². The number of nitrogens with zero attached hydrogens (tertiary/aromatic N) is 4. The number of halogens is 1.